The van der Waals surface area contributed by atoms with Crippen molar-refractivity contribution in [3.8, 4) is 5.88 Å². The molecule has 3 heterocycles. The molecule has 152 valence electrons. The fraction of sp³-hybridized carbons (Fsp3) is 0.273. The molecule has 0 amide bonds. The number of ether oxygens (including phenoxy) is 1. The molecule has 0 saturated heterocycles. The minimum atomic E-state index is -0.225. The third-order valence-electron chi connectivity index (χ3n) is 5.04. The molecule has 4 rings (SSSR count). The summed E-state index contributed by atoms with van der Waals surface area (Å²) in [5.41, 5.74) is 5.50. The van der Waals surface area contributed by atoms with Gasteiger partial charge in [-0.1, -0.05) is 12.1 Å². The van der Waals surface area contributed by atoms with Crippen LogP contribution >= 0.6 is 23.7 Å². The second kappa shape index (κ2) is 8.93. The highest BCUT2D eigenvalue weighted by atomic mass is 35.5. The summed E-state index contributed by atoms with van der Waals surface area (Å²) < 4.78 is 21.4. The van der Waals surface area contributed by atoms with Crippen LogP contribution in [-0.2, 0) is 13.0 Å². The van der Waals surface area contributed by atoms with Gasteiger partial charge >= 0.3 is 0 Å². The first kappa shape index (κ1) is 21.3. The van der Waals surface area contributed by atoms with Crippen LogP contribution in [0.3, 0.4) is 0 Å². The van der Waals surface area contributed by atoms with Crippen molar-refractivity contribution < 1.29 is 9.13 Å². The number of nitrogens with zero attached hydrogens (tertiary/aromatic N) is 3. The van der Waals surface area contributed by atoms with Crippen LogP contribution in [0.5, 0.6) is 5.88 Å². The summed E-state index contributed by atoms with van der Waals surface area (Å²) in [6, 6.07) is 8.56. The third kappa shape index (κ3) is 4.43. The fourth-order valence-corrected chi connectivity index (χ4v) is 4.03. The highest BCUT2D eigenvalue weighted by Crippen LogP contribution is 2.31. The first-order chi connectivity index (χ1) is 13.5. The average molecular weight is 432 g/mol. The minimum Gasteiger partial charge on any atom is -0.476 e. The molecule has 0 bridgehead atoms. The van der Waals surface area contributed by atoms with Gasteiger partial charge in [0.05, 0.1) is 23.9 Å². The first-order valence-corrected chi connectivity index (χ1v) is 10.1. The number of pyridine rings is 1. The summed E-state index contributed by atoms with van der Waals surface area (Å²) in [7, 11) is 0. The largest absolute Gasteiger partial charge is 0.476 e. The molecule has 29 heavy (non-hydrogen) atoms. The average Bonchev–Trinajstić information content (AvgIpc) is 3.21. The van der Waals surface area contributed by atoms with E-state index >= 15 is 0 Å². The van der Waals surface area contributed by atoms with Gasteiger partial charge in [-0.05, 0) is 50.1 Å². The number of rotatable bonds is 6. The van der Waals surface area contributed by atoms with Gasteiger partial charge in [0.25, 0.3) is 0 Å². The molecule has 0 atom stereocenters. The van der Waals surface area contributed by atoms with E-state index in [4.69, 9.17) is 4.74 Å². The van der Waals surface area contributed by atoms with Gasteiger partial charge in [-0.2, -0.15) is 0 Å². The first-order valence-electron chi connectivity index (χ1n) is 9.25. The second-order valence-electron chi connectivity index (χ2n) is 6.89. The molecule has 0 aliphatic rings. The number of aryl methyl sites for hydroxylation is 2. The van der Waals surface area contributed by atoms with Crippen LogP contribution in [0, 0.1) is 26.6 Å². The summed E-state index contributed by atoms with van der Waals surface area (Å²) in [6.45, 7) is 7.45. The Hall–Kier alpha value is -2.44. The summed E-state index contributed by atoms with van der Waals surface area (Å²) in [6.07, 6.45) is 2.49. The Kier molecular flexibility index (Phi) is 6.55. The van der Waals surface area contributed by atoms with Crippen molar-refractivity contribution in [2.45, 2.75) is 33.7 Å². The van der Waals surface area contributed by atoms with Gasteiger partial charge in [0.15, 0.2) is 0 Å². The van der Waals surface area contributed by atoms with Crippen LogP contribution in [0.1, 0.15) is 27.5 Å². The van der Waals surface area contributed by atoms with Crippen LogP contribution in [0.2, 0.25) is 0 Å². The Labute approximate surface area is 179 Å². The number of thiazole rings is 1. The lowest BCUT2D eigenvalue weighted by Crippen LogP contribution is -2.07. The summed E-state index contributed by atoms with van der Waals surface area (Å²) in [5.74, 6) is 0.403. The Morgan fingerprint density at radius 2 is 1.86 bits per heavy atom. The normalized spacial score (nSPS) is 10.9. The highest BCUT2D eigenvalue weighted by Gasteiger charge is 2.17. The van der Waals surface area contributed by atoms with E-state index in [1.54, 1.807) is 29.7 Å². The van der Waals surface area contributed by atoms with E-state index in [-0.39, 0.29) is 18.2 Å². The van der Waals surface area contributed by atoms with Gasteiger partial charge in [0.1, 0.15) is 11.3 Å². The van der Waals surface area contributed by atoms with E-state index in [1.165, 1.54) is 23.4 Å². The van der Waals surface area contributed by atoms with Crippen LogP contribution in [0.15, 0.2) is 41.9 Å². The number of fused-ring (bicyclic) bond motifs is 1. The van der Waals surface area contributed by atoms with E-state index in [9.17, 15) is 4.39 Å². The lowest BCUT2D eigenvalue weighted by atomic mass is 10.1. The Morgan fingerprint density at radius 3 is 2.55 bits per heavy atom. The lowest BCUT2D eigenvalue weighted by Gasteiger charge is -2.11. The van der Waals surface area contributed by atoms with Gasteiger partial charge in [-0.25, -0.2) is 14.4 Å². The number of aromatic nitrogens is 3. The summed E-state index contributed by atoms with van der Waals surface area (Å²) >= 11 is 1.66. The van der Waals surface area contributed by atoms with Crippen LogP contribution < -0.4 is 4.74 Å². The van der Waals surface area contributed by atoms with Crippen LogP contribution in [0.4, 0.5) is 4.39 Å². The van der Waals surface area contributed by atoms with Crippen molar-refractivity contribution in [3.63, 3.8) is 0 Å². The quantitative estimate of drug-likeness (QED) is 0.396. The SMILES string of the molecule is Cc1nc(Cn2c(C)c(C)c3ccnc(OCCc4ccc(F)cc4)c32)cs1.Cl. The second-order valence-corrected chi connectivity index (χ2v) is 7.95. The van der Waals surface area contributed by atoms with Crippen molar-refractivity contribution in [1.29, 1.82) is 0 Å². The molecule has 1 aromatic carbocycles. The lowest BCUT2D eigenvalue weighted by molar-refractivity contribution is 0.312. The Morgan fingerprint density at radius 1 is 1.10 bits per heavy atom. The zero-order valence-electron chi connectivity index (χ0n) is 16.6. The molecule has 4 nitrogen and oxygen atoms in total. The maximum Gasteiger partial charge on any atom is 0.238 e. The maximum absolute atomic E-state index is 13.1. The molecule has 0 aliphatic heterocycles. The molecule has 0 radical (unpaired) electrons. The molecule has 4 aromatic rings. The molecular weight excluding hydrogens is 409 g/mol. The van der Waals surface area contributed by atoms with E-state index in [0.717, 1.165) is 27.2 Å². The fourth-order valence-electron chi connectivity index (χ4n) is 3.43. The summed E-state index contributed by atoms with van der Waals surface area (Å²) in [4.78, 5) is 9.10. The predicted molar refractivity (Wildman–Crippen MR) is 118 cm³/mol. The smallest absolute Gasteiger partial charge is 0.238 e. The number of benzene rings is 1. The van der Waals surface area contributed by atoms with Crippen molar-refractivity contribution in [2.24, 2.45) is 0 Å². The zero-order valence-corrected chi connectivity index (χ0v) is 18.2. The molecule has 0 N–H and O–H groups in total. The third-order valence-corrected chi connectivity index (χ3v) is 5.86. The number of hydrogen-bond acceptors (Lipinski definition) is 4. The monoisotopic (exact) mass is 431 g/mol. The predicted octanol–water partition coefficient (Wildman–Crippen LogP) is 5.65. The van der Waals surface area contributed by atoms with Crippen LogP contribution in [-0.4, -0.2) is 21.1 Å². The van der Waals surface area contributed by atoms with E-state index in [0.29, 0.717) is 25.5 Å². The van der Waals surface area contributed by atoms with Crippen molar-refractivity contribution in [3.05, 3.63) is 75.2 Å². The Bertz CT molecular complexity index is 1120. The molecule has 0 saturated carbocycles. The van der Waals surface area contributed by atoms with Gasteiger partial charge in [0, 0.05) is 29.1 Å². The summed E-state index contributed by atoms with van der Waals surface area (Å²) in [5, 5.41) is 4.31. The van der Waals surface area contributed by atoms with Gasteiger partial charge < -0.3 is 9.30 Å². The number of hydrogen-bond donors (Lipinski definition) is 0. The van der Waals surface area contributed by atoms with Gasteiger partial charge in [-0.15, -0.1) is 23.7 Å². The van der Waals surface area contributed by atoms with Gasteiger partial charge in [-0.3, -0.25) is 0 Å². The molecule has 0 fully saturated rings. The standard InChI is InChI=1S/C22H22FN3OS.ClH/c1-14-15(2)26(12-19-13-28-16(3)25-19)21-20(14)8-10-24-22(21)27-11-9-17-4-6-18(23)7-5-17;/h4-8,10,13H,9,11-12H2,1-3H3;1H. The topological polar surface area (TPSA) is 39.9 Å². The number of halogens is 2. The van der Waals surface area contributed by atoms with Crippen molar-refractivity contribution >= 4 is 34.6 Å². The van der Waals surface area contributed by atoms with E-state index < -0.39 is 0 Å². The molecular formula is C22H23ClFN3OS. The molecule has 0 unspecified atom stereocenters. The zero-order chi connectivity index (χ0) is 19.7. The molecule has 7 heteroatoms. The molecule has 0 aliphatic carbocycles. The van der Waals surface area contributed by atoms with Gasteiger partial charge in [0.2, 0.25) is 5.88 Å². The molecule has 0 spiro atoms. The maximum atomic E-state index is 13.1. The minimum absolute atomic E-state index is 0. The highest BCUT2D eigenvalue weighted by molar-refractivity contribution is 7.09. The van der Waals surface area contributed by atoms with Crippen LogP contribution in [0.25, 0.3) is 10.9 Å². The van der Waals surface area contributed by atoms with Crippen molar-refractivity contribution in [1.82, 2.24) is 14.5 Å². The molecule has 3 aromatic heterocycles. The van der Waals surface area contributed by atoms with E-state index in [1.807, 2.05) is 13.0 Å². The Balaban J connectivity index is 0.00000240. The van der Waals surface area contributed by atoms with E-state index in [2.05, 4.69) is 33.8 Å². The van der Waals surface area contributed by atoms with Crippen molar-refractivity contribution in [2.75, 3.05) is 6.61 Å².